The average molecular weight is 476 g/mol. The van der Waals surface area contributed by atoms with E-state index in [1.165, 1.54) is 0 Å². The van der Waals surface area contributed by atoms with Crippen LogP contribution in [0, 0.1) is 5.41 Å². The number of aromatic nitrogens is 3. The molecule has 2 N–H and O–H groups in total. The van der Waals surface area contributed by atoms with E-state index in [2.05, 4.69) is 32.2 Å². The van der Waals surface area contributed by atoms with Gasteiger partial charge in [-0.15, -0.1) is 5.10 Å². The summed E-state index contributed by atoms with van der Waals surface area (Å²) in [5, 5.41) is 10.9. The van der Waals surface area contributed by atoms with Gasteiger partial charge in [-0.05, 0) is 37.1 Å². The van der Waals surface area contributed by atoms with Crippen LogP contribution in [0.3, 0.4) is 0 Å². The molecule has 2 aliphatic heterocycles. The smallest absolute Gasteiger partial charge is 0.237 e. The molecule has 1 spiro atoms. The molecule has 4 heterocycles. The summed E-state index contributed by atoms with van der Waals surface area (Å²) in [6.45, 7) is 8.71. The Morgan fingerprint density at radius 1 is 1.26 bits per heavy atom. The minimum Gasteiger partial charge on any atom is -0.438 e. The monoisotopic (exact) mass is 475 g/mol. The molecule has 1 amide bonds. The molecule has 182 valence electrons. The number of anilines is 1. The minimum atomic E-state index is -0.188. The molecule has 1 unspecified atom stereocenters. The molecule has 35 heavy (non-hydrogen) atoms. The fourth-order valence-electron chi connectivity index (χ4n) is 4.82. The third-order valence-corrected chi connectivity index (χ3v) is 6.44. The molecule has 0 aliphatic carbocycles. The Kier molecular flexibility index (Phi) is 5.89. The number of hydrogen-bond donors (Lipinski definition) is 2. The number of imidazole rings is 1. The maximum Gasteiger partial charge on any atom is 0.237 e. The molecule has 10 heteroatoms. The third kappa shape index (κ3) is 4.83. The first-order valence-electron chi connectivity index (χ1n) is 11.6. The number of ketones is 1. The van der Waals surface area contributed by atoms with Gasteiger partial charge >= 0.3 is 0 Å². The van der Waals surface area contributed by atoms with E-state index >= 15 is 0 Å². The van der Waals surface area contributed by atoms with E-state index in [-0.39, 0.29) is 17.1 Å². The highest BCUT2D eigenvalue weighted by Gasteiger charge is 2.53. The van der Waals surface area contributed by atoms with E-state index in [0.29, 0.717) is 42.0 Å². The number of β-lactam (4-membered cyclic amide) rings is 1. The van der Waals surface area contributed by atoms with E-state index in [4.69, 9.17) is 4.74 Å². The first-order valence-corrected chi connectivity index (χ1v) is 11.6. The summed E-state index contributed by atoms with van der Waals surface area (Å²) in [7, 11) is 1.85. The summed E-state index contributed by atoms with van der Waals surface area (Å²) in [5.74, 6) is 2.60. The molecule has 0 radical (unpaired) electrons. The van der Waals surface area contributed by atoms with Crippen molar-refractivity contribution in [2.24, 2.45) is 5.41 Å². The van der Waals surface area contributed by atoms with Crippen LogP contribution in [0.2, 0.25) is 0 Å². The highest BCUT2D eigenvalue weighted by molar-refractivity contribution is 5.89. The molecule has 1 aromatic carbocycles. The molecule has 2 fully saturated rings. The Morgan fingerprint density at radius 2 is 2.11 bits per heavy atom. The predicted octanol–water partition coefficient (Wildman–Crippen LogP) is 2.25. The molecule has 5 rings (SSSR count). The van der Waals surface area contributed by atoms with Crippen molar-refractivity contribution in [3.05, 3.63) is 60.6 Å². The second-order valence-corrected chi connectivity index (χ2v) is 9.41. The number of rotatable bonds is 9. The Bertz CT molecular complexity index is 1300. The summed E-state index contributed by atoms with van der Waals surface area (Å²) in [5.41, 5.74) is 1.37. The van der Waals surface area contributed by atoms with Gasteiger partial charge in [-0.3, -0.25) is 14.5 Å². The minimum absolute atomic E-state index is 0.0989. The van der Waals surface area contributed by atoms with Crippen LogP contribution in [0.25, 0.3) is 5.65 Å². The van der Waals surface area contributed by atoms with Crippen molar-refractivity contribution in [3.8, 4) is 11.6 Å². The second-order valence-electron chi connectivity index (χ2n) is 9.41. The van der Waals surface area contributed by atoms with Crippen molar-refractivity contribution in [1.82, 2.24) is 29.7 Å². The molecule has 10 nitrogen and oxygen atoms in total. The number of carbonyl (C=O) groups excluding carboxylic acids is 2. The Hall–Kier alpha value is -3.92. The summed E-state index contributed by atoms with van der Waals surface area (Å²) < 4.78 is 7.52. The van der Waals surface area contributed by atoms with Gasteiger partial charge in [0.25, 0.3) is 0 Å². The van der Waals surface area contributed by atoms with E-state index in [0.717, 1.165) is 31.6 Å². The Morgan fingerprint density at radius 3 is 2.89 bits per heavy atom. The van der Waals surface area contributed by atoms with Crippen LogP contribution in [0.1, 0.15) is 18.9 Å². The summed E-state index contributed by atoms with van der Waals surface area (Å²) >= 11 is 0. The fourth-order valence-corrected chi connectivity index (χ4v) is 4.82. The summed E-state index contributed by atoms with van der Waals surface area (Å²) in [4.78, 5) is 32.1. The lowest BCUT2D eigenvalue weighted by molar-refractivity contribution is -0.156. The first kappa shape index (κ1) is 22.9. The van der Waals surface area contributed by atoms with Crippen molar-refractivity contribution in [2.45, 2.75) is 19.8 Å². The zero-order valence-corrected chi connectivity index (χ0v) is 20.0. The van der Waals surface area contributed by atoms with E-state index in [9.17, 15) is 9.59 Å². The molecular weight excluding hydrogens is 446 g/mol. The lowest BCUT2D eigenvalue weighted by Gasteiger charge is -2.44. The zero-order chi connectivity index (χ0) is 24.6. The van der Waals surface area contributed by atoms with Crippen molar-refractivity contribution in [2.75, 3.05) is 38.7 Å². The molecule has 0 saturated carbocycles. The van der Waals surface area contributed by atoms with Gasteiger partial charge in [0.1, 0.15) is 11.5 Å². The number of benzene rings is 1. The van der Waals surface area contributed by atoms with Crippen LogP contribution in [0.5, 0.6) is 11.6 Å². The number of nitrogens with one attached hydrogen (secondary N) is 2. The van der Waals surface area contributed by atoms with Crippen LogP contribution in [0.4, 0.5) is 5.82 Å². The van der Waals surface area contributed by atoms with Gasteiger partial charge in [0, 0.05) is 39.2 Å². The molecule has 3 aromatic rings. The molecule has 2 aliphatic rings. The van der Waals surface area contributed by atoms with Crippen LogP contribution in [-0.2, 0) is 16.0 Å². The largest absolute Gasteiger partial charge is 0.438 e. The number of likely N-dealkylation sites (tertiary alicyclic amines) is 2. The standard InChI is InChI=1S/C25H29N7O3/c1-17(33)11-19-5-4-6-20(12-19)35-23-8-7-22-28-21(13-32(22)29-23)27-18(2)26-16-31-10-9-25(15-31)14-30(3)24(25)34/h4-8,12-13,26-27H,2,9-11,14-16H2,1,3H3. The summed E-state index contributed by atoms with van der Waals surface area (Å²) in [6.07, 6.45) is 3.03. The van der Waals surface area contributed by atoms with Crippen LogP contribution in [-0.4, -0.2) is 69.4 Å². The third-order valence-electron chi connectivity index (χ3n) is 6.44. The fraction of sp³-hybridized carbons (Fsp3) is 0.360. The zero-order valence-electron chi connectivity index (χ0n) is 20.0. The van der Waals surface area contributed by atoms with Gasteiger partial charge < -0.3 is 20.3 Å². The lowest BCUT2D eigenvalue weighted by atomic mass is 9.78. The normalized spacial score (nSPS) is 19.7. The number of nitrogens with zero attached hydrogens (tertiary/aromatic N) is 5. The number of carbonyl (C=O) groups is 2. The van der Waals surface area contributed by atoms with E-state index in [1.807, 2.05) is 37.4 Å². The molecule has 0 bridgehead atoms. The van der Waals surface area contributed by atoms with Gasteiger partial charge in [-0.25, -0.2) is 9.50 Å². The number of fused-ring (bicyclic) bond motifs is 1. The van der Waals surface area contributed by atoms with Gasteiger partial charge in [-0.2, -0.15) is 0 Å². The predicted molar refractivity (Wildman–Crippen MR) is 131 cm³/mol. The van der Waals surface area contributed by atoms with E-state index < -0.39 is 0 Å². The maximum absolute atomic E-state index is 12.2. The molecule has 2 aromatic heterocycles. The van der Waals surface area contributed by atoms with Crippen LogP contribution in [0.15, 0.2) is 55.0 Å². The summed E-state index contributed by atoms with van der Waals surface area (Å²) in [6, 6.07) is 11.0. The van der Waals surface area contributed by atoms with E-state index in [1.54, 1.807) is 28.6 Å². The molecule has 1 atom stereocenters. The maximum atomic E-state index is 12.2. The van der Waals surface area contributed by atoms with Crippen molar-refractivity contribution >= 4 is 23.2 Å². The Labute approximate surface area is 203 Å². The SMILES string of the molecule is C=C(NCN1CCC2(C1)CN(C)C2=O)Nc1cn2nc(Oc3cccc(CC(C)=O)c3)ccc2n1. The topological polar surface area (TPSA) is 104 Å². The van der Waals surface area contributed by atoms with Gasteiger partial charge in [0.2, 0.25) is 11.8 Å². The number of Topliss-reactive ketones (excluding diaryl/α,β-unsaturated/α-hetero) is 1. The van der Waals surface area contributed by atoms with Gasteiger partial charge in [0.15, 0.2) is 11.5 Å². The number of amides is 1. The number of ether oxygens (including phenoxy) is 1. The van der Waals surface area contributed by atoms with Crippen molar-refractivity contribution in [3.63, 3.8) is 0 Å². The highest BCUT2D eigenvalue weighted by atomic mass is 16.5. The number of hydrogen-bond acceptors (Lipinski definition) is 8. The Balaban J connectivity index is 1.16. The van der Waals surface area contributed by atoms with Crippen LogP contribution < -0.4 is 15.4 Å². The van der Waals surface area contributed by atoms with Crippen molar-refractivity contribution < 1.29 is 14.3 Å². The average Bonchev–Trinajstić information content (AvgIpc) is 3.42. The van der Waals surface area contributed by atoms with Gasteiger partial charge in [0.05, 0.1) is 24.1 Å². The molecule has 2 saturated heterocycles. The second kappa shape index (κ2) is 9.03. The molecular formula is C25H29N7O3. The van der Waals surface area contributed by atoms with Crippen molar-refractivity contribution in [1.29, 1.82) is 0 Å². The first-order chi connectivity index (χ1) is 16.8. The quantitative estimate of drug-likeness (QED) is 0.454. The van der Waals surface area contributed by atoms with Gasteiger partial charge in [-0.1, -0.05) is 18.7 Å². The lowest BCUT2D eigenvalue weighted by Crippen LogP contribution is -2.60. The van der Waals surface area contributed by atoms with Crippen LogP contribution >= 0.6 is 0 Å². The highest BCUT2D eigenvalue weighted by Crippen LogP contribution is 2.39.